The smallest absolute Gasteiger partial charge is 0.333 e. The van der Waals surface area contributed by atoms with E-state index in [2.05, 4.69) is 4.74 Å². The maximum Gasteiger partial charge on any atom is 0.333 e. The van der Waals surface area contributed by atoms with Crippen molar-refractivity contribution in [3.8, 4) is 0 Å². The average Bonchev–Trinajstić information content (AvgIpc) is 1.82. The summed E-state index contributed by atoms with van der Waals surface area (Å²) in [5.74, 6) is -1.56. The fourth-order valence-electron chi connectivity index (χ4n) is 0.347. The monoisotopic (exact) mass is 188 g/mol. The topological polar surface area (TPSA) is 95.4 Å². The van der Waals surface area contributed by atoms with Crippen LogP contribution in [0.15, 0.2) is 0 Å². The molecule has 0 fully saturated rings. The van der Waals surface area contributed by atoms with Crippen LogP contribution in [0.25, 0.3) is 0 Å². The van der Waals surface area contributed by atoms with Gasteiger partial charge in [-0.05, 0) is 27.7 Å². The highest BCUT2D eigenvalue weighted by Gasteiger charge is 2.31. The third-order valence-corrected chi connectivity index (χ3v) is 1.24. The number of rotatable bonds is 2. The number of hydrogen-bond acceptors (Lipinski definition) is 5. The van der Waals surface area contributed by atoms with Gasteiger partial charge in [0.1, 0.15) is 11.1 Å². The Bertz CT molecular complexity index is 199. The summed E-state index contributed by atoms with van der Waals surface area (Å²) in [6.45, 7) is 5.80. The summed E-state index contributed by atoms with van der Waals surface area (Å²) in [4.78, 5) is 22.2. The lowest BCUT2D eigenvalue weighted by Gasteiger charge is -2.20. The van der Waals surface area contributed by atoms with Crippen molar-refractivity contribution in [1.29, 1.82) is 0 Å². The Hall–Kier alpha value is -0.940. The van der Waals surface area contributed by atoms with Gasteiger partial charge in [-0.3, -0.25) is 0 Å². The largest absolute Gasteiger partial charge is 0.390 e. The van der Waals surface area contributed by atoms with Crippen LogP contribution < -0.4 is 11.5 Å². The van der Waals surface area contributed by atoms with Crippen molar-refractivity contribution >= 4 is 11.9 Å². The Morgan fingerprint density at radius 1 is 0.923 bits per heavy atom. The Balaban J connectivity index is 4.34. The molecular weight excluding hydrogens is 172 g/mol. The molecular formula is C8H16N2O3. The van der Waals surface area contributed by atoms with E-state index >= 15 is 0 Å². The van der Waals surface area contributed by atoms with E-state index in [1.54, 1.807) is 0 Å². The first kappa shape index (κ1) is 12.1. The van der Waals surface area contributed by atoms with Crippen LogP contribution in [0, 0.1) is 0 Å². The molecule has 0 unspecified atom stereocenters. The summed E-state index contributed by atoms with van der Waals surface area (Å²) in [5, 5.41) is 0. The standard InChI is InChI=1S/C8H16N2O3/c1-7(2,9)5(11)13-6(12)8(3,4)10/h9-10H2,1-4H3. The summed E-state index contributed by atoms with van der Waals surface area (Å²) >= 11 is 0. The molecule has 0 saturated heterocycles. The van der Waals surface area contributed by atoms with E-state index in [9.17, 15) is 9.59 Å². The van der Waals surface area contributed by atoms with E-state index in [0.717, 1.165) is 0 Å². The normalized spacial score (nSPS) is 12.5. The zero-order valence-electron chi connectivity index (χ0n) is 8.38. The van der Waals surface area contributed by atoms with Crippen molar-refractivity contribution in [3.05, 3.63) is 0 Å². The minimum Gasteiger partial charge on any atom is -0.390 e. The number of hydrogen-bond donors (Lipinski definition) is 2. The van der Waals surface area contributed by atoms with E-state index < -0.39 is 23.0 Å². The minimum absolute atomic E-state index is 0.781. The zero-order chi connectivity index (χ0) is 10.9. The second-order valence-corrected chi connectivity index (χ2v) is 4.12. The molecule has 13 heavy (non-hydrogen) atoms. The predicted octanol–water partition coefficient (Wildman–Crippen LogP) is -0.469. The Kier molecular flexibility index (Phi) is 3.18. The van der Waals surface area contributed by atoms with Gasteiger partial charge in [-0.25, -0.2) is 9.59 Å². The van der Waals surface area contributed by atoms with E-state index in [0.29, 0.717) is 0 Å². The van der Waals surface area contributed by atoms with Gasteiger partial charge < -0.3 is 16.2 Å². The number of ether oxygens (including phenoxy) is 1. The molecule has 0 aromatic rings. The summed E-state index contributed by atoms with van der Waals surface area (Å²) in [5.41, 5.74) is 8.45. The summed E-state index contributed by atoms with van der Waals surface area (Å²) in [7, 11) is 0. The molecule has 4 N–H and O–H groups in total. The summed E-state index contributed by atoms with van der Waals surface area (Å²) in [6.07, 6.45) is 0. The van der Waals surface area contributed by atoms with E-state index in [-0.39, 0.29) is 0 Å². The molecule has 0 saturated carbocycles. The van der Waals surface area contributed by atoms with Crippen LogP contribution >= 0.6 is 0 Å². The molecule has 0 aliphatic rings. The van der Waals surface area contributed by atoms with Gasteiger partial charge >= 0.3 is 11.9 Å². The molecule has 5 nitrogen and oxygen atoms in total. The lowest BCUT2D eigenvalue weighted by Crippen LogP contribution is -2.49. The van der Waals surface area contributed by atoms with E-state index in [4.69, 9.17) is 11.5 Å². The molecule has 76 valence electrons. The van der Waals surface area contributed by atoms with Gasteiger partial charge in [-0.15, -0.1) is 0 Å². The molecule has 0 rings (SSSR count). The number of carbonyl (C=O) groups excluding carboxylic acids is 2. The van der Waals surface area contributed by atoms with Gasteiger partial charge in [0.15, 0.2) is 0 Å². The minimum atomic E-state index is -1.18. The second-order valence-electron chi connectivity index (χ2n) is 4.12. The van der Waals surface area contributed by atoms with E-state index in [1.165, 1.54) is 27.7 Å². The van der Waals surface area contributed by atoms with Gasteiger partial charge in [-0.2, -0.15) is 0 Å². The molecule has 0 aromatic heterocycles. The molecule has 0 amide bonds. The van der Waals surface area contributed by atoms with Crippen molar-refractivity contribution < 1.29 is 14.3 Å². The van der Waals surface area contributed by atoms with Crippen molar-refractivity contribution in [2.75, 3.05) is 0 Å². The van der Waals surface area contributed by atoms with Crippen LogP contribution in [0.1, 0.15) is 27.7 Å². The quantitative estimate of drug-likeness (QED) is 0.451. The third kappa shape index (κ3) is 4.00. The fraction of sp³-hybridized carbons (Fsp3) is 0.750. The van der Waals surface area contributed by atoms with Crippen LogP contribution in [0.2, 0.25) is 0 Å². The Labute approximate surface area is 77.4 Å². The van der Waals surface area contributed by atoms with Crippen molar-refractivity contribution in [1.82, 2.24) is 0 Å². The van der Waals surface area contributed by atoms with Crippen molar-refractivity contribution in [2.24, 2.45) is 11.5 Å². The predicted molar refractivity (Wildman–Crippen MR) is 47.6 cm³/mol. The van der Waals surface area contributed by atoms with Crippen LogP contribution in [-0.4, -0.2) is 23.0 Å². The molecule has 5 heteroatoms. The molecule has 0 radical (unpaired) electrons. The van der Waals surface area contributed by atoms with Crippen LogP contribution in [-0.2, 0) is 14.3 Å². The maximum atomic E-state index is 11.1. The average molecular weight is 188 g/mol. The van der Waals surface area contributed by atoms with Crippen LogP contribution in [0.4, 0.5) is 0 Å². The third-order valence-electron chi connectivity index (χ3n) is 1.24. The molecule has 0 bridgehead atoms. The fourth-order valence-corrected chi connectivity index (χ4v) is 0.347. The summed E-state index contributed by atoms with van der Waals surface area (Å²) in [6, 6.07) is 0. The Morgan fingerprint density at radius 3 is 1.31 bits per heavy atom. The first-order chi connectivity index (χ1) is 5.55. The molecule has 0 spiro atoms. The van der Waals surface area contributed by atoms with E-state index in [1.807, 2.05) is 0 Å². The second kappa shape index (κ2) is 3.43. The molecule has 0 aliphatic heterocycles. The van der Waals surface area contributed by atoms with Gasteiger partial charge in [0.05, 0.1) is 0 Å². The van der Waals surface area contributed by atoms with Gasteiger partial charge in [-0.1, -0.05) is 0 Å². The number of nitrogens with two attached hydrogens (primary N) is 2. The first-order valence-electron chi connectivity index (χ1n) is 3.89. The van der Waals surface area contributed by atoms with Gasteiger partial charge in [0.25, 0.3) is 0 Å². The molecule has 0 aliphatic carbocycles. The highest BCUT2D eigenvalue weighted by molar-refractivity contribution is 5.93. The van der Waals surface area contributed by atoms with Crippen molar-refractivity contribution in [2.45, 2.75) is 38.8 Å². The SMILES string of the molecule is CC(C)(N)C(=O)OC(=O)C(C)(C)N. The van der Waals surface area contributed by atoms with Crippen molar-refractivity contribution in [3.63, 3.8) is 0 Å². The highest BCUT2D eigenvalue weighted by Crippen LogP contribution is 2.05. The zero-order valence-corrected chi connectivity index (χ0v) is 8.38. The number of carbonyl (C=O) groups is 2. The van der Waals surface area contributed by atoms with Gasteiger partial charge in [0, 0.05) is 0 Å². The first-order valence-corrected chi connectivity index (χ1v) is 3.89. The Morgan fingerprint density at radius 2 is 1.15 bits per heavy atom. The number of esters is 2. The van der Waals surface area contributed by atoms with Crippen LogP contribution in [0.5, 0.6) is 0 Å². The molecule has 0 atom stereocenters. The lowest BCUT2D eigenvalue weighted by molar-refractivity contribution is -0.166. The van der Waals surface area contributed by atoms with Gasteiger partial charge in [0.2, 0.25) is 0 Å². The van der Waals surface area contributed by atoms with Crippen LogP contribution in [0.3, 0.4) is 0 Å². The molecule has 0 aromatic carbocycles. The lowest BCUT2D eigenvalue weighted by atomic mass is 10.1. The maximum absolute atomic E-state index is 11.1. The summed E-state index contributed by atoms with van der Waals surface area (Å²) < 4.78 is 4.45. The molecule has 0 heterocycles. The highest BCUT2D eigenvalue weighted by atomic mass is 16.6.